The molecule has 0 atom stereocenters. The van der Waals surface area contributed by atoms with Crippen molar-refractivity contribution in [3.05, 3.63) is 77.6 Å². The third-order valence-corrected chi connectivity index (χ3v) is 6.11. The van der Waals surface area contributed by atoms with Crippen LogP contribution in [-0.4, -0.2) is 45.4 Å². The fourth-order valence-electron chi connectivity index (χ4n) is 4.36. The number of hydrogen-bond donors (Lipinski definition) is 1. The van der Waals surface area contributed by atoms with Gasteiger partial charge >= 0.3 is 0 Å². The van der Waals surface area contributed by atoms with E-state index in [2.05, 4.69) is 90.0 Å². The van der Waals surface area contributed by atoms with E-state index in [1.165, 1.54) is 22.5 Å². The topological polar surface area (TPSA) is 27.7 Å². The number of rotatable bonds is 6. The number of ether oxygens (including phenoxy) is 1. The summed E-state index contributed by atoms with van der Waals surface area (Å²) in [5, 5.41) is 3.50. The molecule has 1 saturated heterocycles. The molecule has 28 heavy (non-hydrogen) atoms. The highest BCUT2D eigenvalue weighted by Gasteiger charge is 2.34. The molecule has 2 aromatic carbocycles. The minimum absolute atomic E-state index is 0.107. The van der Waals surface area contributed by atoms with Crippen LogP contribution >= 0.6 is 0 Å². The minimum atomic E-state index is 0.107. The van der Waals surface area contributed by atoms with Gasteiger partial charge in [-0.2, -0.15) is 0 Å². The molecule has 1 fully saturated rings. The van der Waals surface area contributed by atoms with E-state index in [-0.39, 0.29) is 5.41 Å². The van der Waals surface area contributed by atoms with Gasteiger partial charge in [0.2, 0.25) is 0 Å². The molecule has 2 aliphatic rings. The standard InChI is InChI=1S/C24H31N3O/c1-26(2)22-16-20-8-6-7-11-23(20)27(17-22)19-28-18-24(12-14-25-15-13-24)21-9-4-3-5-10-21/h3-11,17,25H,12-16,18-19H2,1-2H3. The van der Waals surface area contributed by atoms with E-state index >= 15 is 0 Å². The van der Waals surface area contributed by atoms with Crippen LogP contribution < -0.4 is 10.2 Å². The lowest BCUT2D eigenvalue weighted by Gasteiger charge is -2.39. The van der Waals surface area contributed by atoms with Gasteiger partial charge in [-0.25, -0.2) is 0 Å². The van der Waals surface area contributed by atoms with Crippen molar-refractivity contribution < 1.29 is 4.74 Å². The molecule has 0 saturated carbocycles. The van der Waals surface area contributed by atoms with Crippen molar-refractivity contribution in [2.75, 3.05) is 45.4 Å². The Morgan fingerprint density at radius 2 is 1.71 bits per heavy atom. The number of allylic oxidation sites excluding steroid dienone is 1. The molecular formula is C24H31N3O. The summed E-state index contributed by atoms with van der Waals surface area (Å²) in [6.07, 6.45) is 5.44. The van der Waals surface area contributed by atoms with Crippen LogP contribution in [-0.2, 0) is 16.6 Å². The molecule has 0 aromatic heterocycles. The minimum Gasteiger partial charge on any atom is -0.380 e. The molecule has 0 spiro atoms. The molecule has 148 valence electrons. The first-order chi connectivity index (χ1) is 13.7. The third-order valence-electron chi connectivity index (χ3n) is 6.11. The number of likely N-dealkylation sites (N-methyl/N-ethyl adjacent to an activating group) is 1. The molecule has 0 amide bonds. The van der Waals surface area contributed by atoms with Gasteiger partial charge in [0.15, 0.2) is 0 Å². The molecule has 4 heteroatoms. The molecule has 0 aliphatic carbocycles. The predicted octanol–water partition coefficient (Wildman–Crippen LogP) is 3.75. The van der Waals surface area contributed by atoms with E-state index in [1.54, 1.807) is 0 Å². The summed E-state index contributed by atoms with van der Waals surface area (Å²) in [4.78, 5) is 4.45. The van der Waals surface area contributed by atoms with E-state index in [1.807, 2.05) is 0 Å². The Kier molecular flexibility index (Phi) is 5.69. The highest BCUT2D eigenvalue weighted by atomic mass is 16.5. The van der Waals surface area contributed by atoms with Crippen molar-refractivity contribution in [2.45, 2.75) is 24.7 Å². The average molecular weight is 378 g/mol. The molecule has 2 aliphatic heterocycles. The number of anilines is 1. The molecule has 4 nitrogen and oxygen atoms in total. The van der Waals surface area contributed by atoms with Gasteiger partial charge in [0, 0.05) is 43.5 Å². The van der Waals surface area contributed by atoms with Crippen molar-refractivity contribution in [3.8, 4) is 0 Å². The Bertz CT molecular complexity index is 810. The lowest BCUT2D eigenvalue weighted by atomic mass is 9.74. The fraction of sp³-hybridized carbons (Fsp3) is 0.417. The van der Waals surface area contributed by atoms with Gasteiger partial charge in [0.25, 0.3) is 0 Å². The summed E-state index contributed by atoms with van der Waals surface area (Å²) in [5.41, 5.74) is 5.43. The first-order valence-corrected chi connectivity index (χ1v) is 10.2. The second kappa shape index (κ2) is 8.38. The Labute approximate surface area is 168 Å². The van der Waals surface area contributed by atoms with E-state index in [0.29, 0.717) is 6.73 Å². The van der Waals surface area contributed by atoms with Gasteiger partial charge in [-0.1, -0.05) is 48.5 Å². The maximum atomic E-state index is 6.39. The zero-order valence-electron chi connectivity index (χ0n) is 17.0. The van der Waals surface area contributed by atoms with E-state index < -0.39 is 0 Å². The maximum Gasteiger partial charge on any atom is 0.123 e. The molecular weight excluding hydrogens is 346 g/mol. The van der Waals surface area contributed by atoms with E-state index in [9.17, 15) is 0 Å². The number of hydrogen-bond acceptors (Lipinski definition) is 4. The van der Waals surface area contributed by atoms with Crippen molar-refractivity contribution in [1.82, 2.24) is 10.2 Å². The lowest BCUT2D eigenvalue weighted by Crippen LogP contribution is -2.44. The van der Waals surface area contributed by atoms with Gasteiger partial charge in [-0.15, -0.1) is 0 Å². The maximum absolute atomic E-state index is 6.39. The van der Waals surface area contributed by atoms with Crippen molar-refractivity contribution in [2.24, 2.45) is 0 Å². The van der Waals surface area contributed by atoms with Gasteiger partial charge in [-0.3, -0.25) is 0 Å². The second-order valence-corrected chi connectivity index (χ2v) is 8.16. The zero-order chi connectivity index (χ0) is 19.4. The normalized spacial score (nSPS) is 18.4. The first-order valence-electron chi connectivity index (χ1n) is 10.2. The molecule has 2 heterocycles. The van der Waals surface area contributed by atoms with Crippen LogP contribution in [0.5, 0.6) is 0 Å². The smallest absolute Gasteiger partial charge is 0.123 e. The first kappa shape index (κ1) is 19.0. The SMILES string of the molecule is CN(C)C1=CN(COCC2(c3ccccc3)CCNCC2)c2ccccc2C1. The highest BCUT2D eigenvalue weighted by molar-refractivity contribution is 5.59. The lowest BCUT2D eigenvalue weighted by molar-refractivity contribution is 0.0703. The van der Waals surface area contributed by atoms with Gasteiger partial charge in [-0.05, 0) is 43.1 Å². The predicted molar refractivity (Wildman–Crippen MR) is 115 cm³/mol. The Balaban J connectivity index is 1.50. The summed E-state index contributed by atoms with van der Waals surface area (Å²) in [6, 6.07) is 19.5. The fourth-order valence-corrected chi connectivity index (χ4v) is 4.36. The van der Waals surface area contributed by atoms with Crippen LogP contribution in [0.1, 0.15) is 24.0 Å². The number of nitrogens with one attached hydrogen (secondary N) is 1. The van der Waals surface area contributed by atoms with E-state index in [0.717, 1.165) is 39.0 Å². The van der Waals surface area contributed by atoms with Crippen LogP contribution in [0, 0.1) is 0 Å². The number of piperidine rings is 1. The van der Waals surface area contributed by atoms with Crippen LogP contribution in [0.4, 0.5) is 5.69 Å². The van der Waals surface area contributed by atoms with Crippen LogP contribution in [0.2, 0.25) is 0 Å². The second-order valence-electron chi connectivity index (χ2n) is 8.16. The van der Waals surface area contributed by atoms with Crippen molar-refractivity contribution in [3.63, 3.8) is 0 Å². The Morgan fingerprint density at radius 3 is 2.46 bits per heavy atom. The molecule has 0 bridgehead atoms. The van der Waals surface area contributed by atoms with Gasteiger partial charge < -0.3 is 19.9 Å². The molecule has 1 N–H and O–H groups in total. The summed E-state index contributed by atoms with van der Waals surface area (Å²) in [6.45, 7) is 3.43. The number of fused-ring (bicyclic) bond motifs is 1. The molecule has 0 radical (unpaired) electrons. The quantitative estimate of drug-likeness (QED) is 0.830. The van der Waals surface area contributed by atoms with Crippen LogP contribution in [0.15, 0.2) is 66.5 Å². The average Bonchev–Trinajstić information content (AvgIpc) is 2.75. The van der Waals surface area contributed by atoms with Crippen molar-refractivity contribution >= 4 is 5.69 Å². The molecule has 2 aromatic rings. The summed E-state index contributed by atoms with van der Waals surface area (Å²) >= 11 is 0. The Morgan fingerprint density at radius 1 is 1.00 bits per heavy atom. The van der Waals surface area contributed by atoms with Gasteiger partial charge in [0.1, 0.15) is 6.73 Å². The molecule has 4 rings (SSSR count). The van der Waals surface area contributed by atoms with Crippen LogP contribution in [0.3, 0.4) is 0 Å². The third kappa shape index (κ3) is 3.94. The number of benzene rings is 2. The number of nitrogens with zero attached hydrogens (tertiary/aromatic N) is 2. The highest BCUT2D eigenvalue weighted by Crippen LogP contribution is 2.34. The van der Waals surface area contributed by atoms with Crippen LogP contribution in [0.25, 0.3) is 0 Å². The van der Waals surface area contributed by atoms with Gasteiger partial charge in [0.05, 0.1) is 6.61 Å². The summed E-state index contributed by atoms with van der Waals surface area (Å²) in [5.74, 6) is 0. The largest absolute Gasteiger partial charge is 0.380 e. The monoisotopic (exact) mass is 377 g/mol. The Hall–Kier alpha value is -2.30. The number of para-hydroxylation sites is 1. The zero-order valence-corrected chi connectivity index (χ0v) is 17.0. The summed E-state index contributed by atoms with van der Waals surface area (Å²) < 4.78 is 6.39. The summed E-state index contributed by atoms with van der Waals surface area (Å²) in [7, 11) is 4.22. The molecule has 0 unspecified atom stereocenters. The van der Waals surface area contributed by atoms with E-state index in [4.69, 9.17) is 4.74 Å². The van der Waals surface area contributed by atoms with Crippen molar-refractivity contribution in [1.29, 1.82) is 0 Å².